The van der Waals surface area contributed by atoms with E-state index in [2.05, 4.69) is 39.4 Å². The van der Waals surface area contributed by atoms with Crippen molar-refractivity contribution in [1.29, 1.82) is 0 Å². The average molecular weight is 394 g/mol. The Labute approximate surface area is 174 Å². The van der Waals surface area contributed by atoms with Crippen molar-refractivity contribution in [3.05, 3.63) is 24.3 Å². The van der Waals surface area contributed by atoms with Crippen LogP contribution in [0.4, 0.5) is 11.8 Å². The summed E-state index contributed by atoms with van der Waals surface area (Å²) in [6.07, 6.45) is 13.2. The van der Waals surface area contributed by atoms with E-state index < -0.39 is 0 Å². The molecular formula is C24H35N5. The number of nitrogens with zero attached hydrogens (tertiary/aromatic N) is 4. The Kier molecular flexibility index (Phi) is 5.84. The number of benzene rings is 1. The Bertz CT molecular complexity index is 800. The van der Waals surface area contributed by atoms with Gasteiger partial charge in [-0.2, -0.15) is 4.98 Å². The van der Waals surface area contributed by atoms with Crippen molar-refractivity contribution in [3.63, 3.8) is 0 Å². The van der Waals surface area contributed by atoms with Crippen LogP contribution in [0.15, 0.2) is 24.3 Å². The third kappa shape index (κ3) is 4.35. The number of anilines is 2. The zero-order valence-electron chi connectivity index (χ0n) is 17.7. The van der Waals surface area contributed by atoms with E-state index in [0.29, 0.717) is 6.04 Å². The Morgan fingerprint density at radius 1 is 0.759 bits per heavy atom. The number of para-hydroxylation sites is 1. The van der Waals surface area contributed by atoms with E-state index in [9.17, 15) is 0 Å². The SMILES string of the molecule is c1ccc2c(NC3CCCCCC3)nc(N3CCC(N4CCCC4)CC3)nc2c1. The molecule has 0 spiro atoms. The van der Waals surface area contributed by atoms with Crippen LogP contribution in [0.3, 0.4) is 0 Å². The van der Waals surface area contributed by atoms with Gasteiger partial charge in [-0.15, -0.1) is 0 Å². The van der Waals surface area contributed by atoms with Crippen LogP contribution < -0.4 is 10.2 Å². The van der Waals surface area contributed by atoms with E-state index in [1.54, 1.807) is 0 Å². The van der Waals surface area contributed by atoms with E-state index in [1.807, 2.05) is 0 Å². The predicted octanol–water partition coefficient (Wildman–Crippen LogP) is 4.83. The van der Waals surface area contributed by atoms with Gasteiger partial charge in [-0.05, 0) is 63.7 Å². The Morgan fingerprint density at radius 2 is 1.48 bits per heavy atom. The third-order valence-electron chi connectivity index (χ3n) is 7.19. The van der Waals surface area contributed by atoms with Gasteiger partial charge in [-0.3, -0.25) is 0 Å². The molecule has 156 valence electrons. The fourth-order valence-electron chi connectivity index (χ4n) is 5.47. The second kappa shape index (κ2) is 8.86. The van der Waals surface area contributed by atoms with Gasteiger partial charge < -0.3 is 15.1 Å². The lowest BCUT2D eigenvalue weighted by Crippen LogP contribution is -2.44. The lowest BCUT2D eigenvalue weighted by atomic mass is 10.0. The maximum atomic E-state index is 5.06. The number of likely N-dealkylation sites (tertiary alicyclic amines) is 1. The fraction of sp³-hybridized carbons (Fsp3) is 0.667. The summed E-state index contributed by atoms with van der Waals surface area (Å²) in [5.41, 5.74) is 1.07. The van der Waals surface area contributed by atoms with Crippen molar-refractivity contribution < 1.29 is 0 Å². The Hall–Kier alpha value is -1.88. The van der Waals surface area contributed by atoms with Crippen LogP contribution in [0.1, 0.15) is 64.2 Å². The van der Waals surface area contributed by atoms with Crippen LogP contribution in [-0.2, 0) is 0 Å². The van der Waals surface area contributed by atoms with Crippen LogP contribution in [0, 0.1) is 0 Å². The molecule has 29 heavy (non-hydrogen) atoms. The van der Waals surface area contributed by atoms with Crippen molar-refractivity contribution in [1.82, 2.24) is 14.9 Å². The molecule has 2 saturated heterocycles. The molecular weight excluding hydrogens is 358 g/mol. The molecule has 1 aliphatic carbocycles. The molecule has 3 heterocycles. The van der Waals surface area contributed by atoms with Gasteiger partial charge in [-0.1, -0.05) is 37.8 Å². The van der Waals surface area contributed by atoms with E-state index in [4.69, 9.17) is 9.97 Å². The summed E-state index contributed by atoms with van der Waals surface area (Å²) in [7, 11) is 0. The first kappa shape index (κ1) is 19.1. The molecule has 5 heteroatoms. The molecule has 0 radical (unpaired) electrons. The number of piperidine rings is 1. The monoisotopic (exact) mass is 393 g/mol. The predicted molar refractivity (Wildman–Crippen MR) is 121 cm³/mol. The molecule has 0 unspecified atom stereocenters. The molecule has 2 aliphatic heterocycles. The number of hydrogen-bond acceptors (Lipinski definition) is 5. The quantitative estimate of drug-likeness (QED) is 0.754. The topological polar surface area (TPSA) is 44.3 Å². The van der Waals surface area contributed by atoms with Gasteiger partial charge in [0.05, 0.1) is 5.52 Å². The molecule has 2 aromatic rings. The number of rotatable bonds is 4. The lowest BCUT2D eigenvalue weighted by Gasteiger charge is -2.36. The fourth-order valence-corrected chi connectivity index (χ4v) is 5.47. The third-order valence-corrected chi connectivity index (χ3v) is 7.19. The van der Waals surface area contributed by atoms with Gasteiger partial charge >= 0.3 is 0 Å². The van der Waals surface area contributed by atoms with E-state index >= 15 is 0 Å². The van der Waals surface area contributed by atoms with E-state index in [0.717, 1.165) is 41.8 Å². The standard InChI is InChI=1S/C24H35N5/c1-2-4-10-19(9-3-1)25-23-21-11-5-6-12-22(21)26-24(27-23)29-17-13-20(14-18-29)28-15-7-8-16-28/h5-6,11-12,19-20H,1-4,7-10,13-18H2,(H,25,26,27). The molecule has 0 amide bonds. The zero-order valence-corrected chi connectivity index (χ0v) is 17.7. The van der Waals surface area contributed by atoms with Gasteiger partial charge in [0.15, 0.2) is 0 Å². The highest BCUT2D eigenvalue weighted by molar-refractivity contribution is 5.90. The number of aromatic nitrogens is 2. The van der Waals surface area contributed by atoms with Crippen LogP contribution >= 0.6 is 0 Å². The van der Waals surface area contributed by atoms with Crippen molar-refractivity contribution >= 4 is 22.7 Å². The van der Waals surface area contributed by atoms with Crippen LogP contribution in [0.5, 0.6) is 0 Å². The smallest absolute Gasteiger partial charge is 0.227 e. The molecule has 5 rings (SSSR count). The van der Waals surface area contributed by atoms with Crippen molar-refractivity contribution in [2.75, 3.05) is 36.4 Å². The highest BCUT2D eigenvalue weighted by Gasteiger charge is 2.28. The number of nitrogens with one attached hydrogen (secondary N) is 1. The molecule has 0 bridgehead atoms. The highest BCUT2D eigenvalue weighted by atomic mass is 15.3. The summed E-state index contributed by atoms with van der Waals surface area (Å²) in [4.78, 5) is 15.1. The molecule has 1 aromatic carbocycles. The lowest BCUT2D eigenvalue weighted by molar-refractivity contribution is 0.207. The maximum Gasteiger partial charge on any atom is 0.227 e. The second-order valence-electron chi connectivity index (χ2n) is 9.18. The minimum atomic E-state index is 0.546. The van der Waals surface area contributed by atoms with Gasteiger partial charge in [-0.25, -0.2) is 4.98 Å². The molecule has 3 fully saturated rings. The van der Waals surface area contributed by atoms with Crippen LogP contribution in [-0.4, -0.2) is 53.1 Å². The zero-order chi connectivity index (χ0) is 19.5. The van der Waals surface area contributed by atoms with Gasteiger partial charge in [0.2, 0.25) is 5.95 Å². The molecule has 5 nitrogen and oxygen atoms in total. The minimum Gasteiger partial charge on any atom is -0.367 e. The first-order chi connectivity index (χ1) is 14.4. The van der Waals surface area contributed by atoms with E-state index in [1.165, 1.54) is 77.3 Å². The molecule has 3 aliphatic rings. The van der Waals surface area contributed by atoms with Crippen molar-refractivity contribution in [2.24, 2.45) is 0 Å². The molecule has 1 saturated carbocycles. The Morgan fingerprint density at radius 3 is 2.24 bits per heavy atom. The molecule has 1 N–H and O–H groups in total. The van der Waals surface area contributed by atoms with Gasteiger partial charge in [0.1, 0.15) is 5.82 Å². The van der Waals surface area contributed by atoms with Crippen molar-refractivity contribution in [3.8, 4) is 0 Å². The Balaban J connectivity index is 1.35. The summed E-state index contributed by atoms with van der Waals surface area (Å²) in [5, 5.41) is 4.97. The summed E-state index contributed by atoms with van der Waals surface area (Å²) in [5.74, 6) is 1.96. The first-order valence-corrected chi connectivity index (χ1v) is 11.9. The van der Waals surface area contributed by atoms with Gasteiger partial charge in [0.25, 0.3) is 0 Å². The largest absolute Gasteiger partial charge is 0.367 e. The maximum absolute atomic E-state index is 5.06. The molecule has 1 aromatic heterocycles. The molecule has 0 atom stereocenters. The summed E-state index contributed by atoms with van der Waals surface area (Å²) < 4.78 is 0. The highest BCUT2D eigenvalue weighted by Crippen LogP contribution is 2.29. The number of hydrogen-bond donors (Lipinski definition) is 1. The summed E-state index contributed by atoms with van der Waals surface area (Å²) in [6, 6.07) is 9.80. The minimum absolute atomic E-state index is 0.546. The van der Waals surface area contributed by atoms with Crippen LogP contribution in [0.25, 0.3) is 10.9 Å². The summed E-state index contributed by atoms with van der Waals surface area (Å²) >= 11 is 0. The van der Waals surface area contributed by atoms with Gasteiger partial charge in [0, 0.05) is 30.6 Å². The normalized spacial score (nSPS) is 22.8. The summed E-state index contributed by atoms with van der Waals surface area (Å²) in [6.45, 7) is 4.74. The van der Waals surface area contributed by atoms with Crippen LogP contribution in [0.2, 0.25) is 0 Å². The second-order valence-corrected chi connectivity index (χ2v) is 9.18. The first-order valence-electron chi connectivity index (χ1n) is 11.9. The van der Waals surface area contributed by atoms with Crippen molar-refractivity contribution in [2.45, 2.75) is 76.3 Å². The average Bonchev–Trinajstić information content (AvgIpc) is 3.19. The van der Waals surface area contributed by atoms with E-state index in [-0.39, 0.29) is 0 Å². The number of fused-ring (bicyclic) bond motifs is 1.